The maximum absolute atomic E-state index is 11.2. The number of rotatable bonds is 9. The fourth-order valence-corrected chi connectivity index (χ4v) is 2.93. The summed E-state index contributed by atoms with van der Waals surface area (Å²) < 4.78 is 27.4. The molecular formula is C14H25N3O3S2. The minimum absolute atomic E-state index is 0.0825. The molecule has 0 spiro atoms. The highest BCUT2D eigenvalue weighted by Crippen LogP contribution is 2.17. The number of methoxy groups -OCH3 is 1. The predicted octanol–water partition coefficient (Wildman–Crippen LogP) is 1.43. The maximum atomic E-state index is 11.2. The van der Waals surface area contributed by atoms with Crippen LogP contribution in [-0.4, -0.2) is 53.2 Å². The third-order valence-corrected chi connectivity index (χ3v) is 4.87. The van der Waals surface area contributed by atoms with E-state index in [9.17, 15) is 8.42 Å². The minimum atomic E-state index is -2.98. The van der Waals surface area contributed by atoms with E-state index in [2.05, 4.69) is 28.6 Å². The Hall–Kier alpha value is -1.12. The van der Waals surface area contributed by atoms with Gasteiger partial charge in [-0.05, 0) is 24.8 Å². The van der Waals surface area contributed by atoms with E-state index in [0.717, 1.165) is 6.42 Å². The zero-order valence-electron chi connectivity index (χ0n) is 13.3. The Labute approximate surface area is 136 Å². The van der Waals surface area contributed by atoms with Crippen molar-refractivity contribution in [1.82, 2.24) is 10.6 Å². The van der Waals surface area contributed by atoms with E-state index in [1.165, 1.54) is 11.1 Å². The van der Waals surface area contributed by atoms with Crippen LogP contribution in [0.5, 0.6) is 0 Å². The van der Waals surface area contributed by atoms with Crippen molar-refractivity contribution in [2.24, 2.45) is 4.99 Å². The lowest BCUT2D eigenvalue weighted by atomic mass is 10.3. The van der Waals surface area contributed by atoms with E-state index in [-0.39, 0.29) is 11.8 Å². The first-order chi connectivity index (χ1) is 10.4. The third kappa shape index (κ3) is 8.35. The van der Waals surface area contributed by atoms with Gasteiger partial charge in [0.2, 0.25) is 0 Å². The molecule has 0 aliphatic heterocycles. The second kappa shape index (κ2) is 9.81. The van der Waals surface area contributed by atoms with Gasteiger partial charge >= 0.3 is 0 Å². The average Bonchev–Trinajstić information content (AvgIpc) is 2.96. The molecule has 2 N–H and O–H groups in total. The van der Waals surface area contributed by atoms with Crippen LogP contribution in [0.15, 0.2) is 22.5 Å². The van der Waals surface area contributed by atoms with Crippen LogP contribution >= 0.6 is 11.3 Å². The summed E-state index contributed by atoms with van der Waals surface area (Å²) in [5, 5.41) is 8.39. The summed E-state index contributed by atoms with van der Waals surface area (Å²) in [6.07, 6.45) is 2.05. The lowest BCUT2D eigenvalue weighted by Gasteiger charge is -2.17. The summed E-state index contributed by atoms with van der Waals surface area (Å²) in [4.78, 5) is 5.66. The monoisotopic (exact) mass is 347 g/mol. The van der Waals surface area contributed by atoms with Crippen LogP contribution in [0.1, 0.15) is 24.3 Å². The number of guanidine groups is 1. The maximum Gasteiger partial charge on any atom is 0.191 e. The molecule has 1 unspecified atom stereocenters. The normalized spacial score (nSPS) is 13.9. The molecule has 0 aromatic carbocycles. The van der Waals surface area contributed by atoms with Gasteiger partial charge in [0.05, 0.1) is 11.8 Å². The first-order valence-corrected chi connectivity index (χ1v) is 10.1. The molecule has 0 bridgehead atoms. The molecule has 1 rings (SSSR count). The van der Waals surface area contributed by atoms with Gasteiger partial charge in [0.15, 0.2) is 5.96 Å². The highest BCUT2D eigenvalue weighted by Gasteiger charge is 2.09. The Bertz CT molecular complexity index is 542. The standard InChI is InChI=1S/C14H25N3O3S2/c1-12(13-6-4-10-21-13)17-14(15-7-5-9-20-2)16-8-11-22(3,18)19/h4,6,10,12H,5,7-9,11H2,1-3H3,(H2,15,16,17). The quantitative estimate of drug-likeness (QED) is 0.401. The summed E-state index contributed by atoms with van der Waals surface area (Å²) >= 11 is 1.67. The number of nitrogens with zero attached hydrogens (tertiary/aromatic N) is 1. The summed E-state index contributed by atoms with van der Waals surface area (Å²) in [7, 11) is -1.32. The zero-order chi connectivity index (χ0) is 16.4. The fourth-order valence-electron chi connectivity index (χ4n) is 1.72. The molecule has 1 atom stereocenters. The smallest absolute Gasteiger partial charge is 0.191 e. The average molecular weight is 348 g/mol. The topological polar surface area (TPSA) is 79.8 Å². The van der Waals surface area contributed by atoms with Gasteiger partial charge in [-0.3, -0.25) is 4.99 Å². The van der Waals surface area contributed by atoms with Crippen LogP contribution in [0.3, 0.4) is 0 Å². The number of hydrogen-bond donors (Lipinski definition) is 2. The van der Waals surface area contributed by atoms with Gasteiger partial charge in [-0.15, -0.1) is 11.3 Å². The molecule has 1 heterocycles. The molecule has 0 aliphatic rings. The molecule has 0 saturated heterocycles. The van der Waals surface area contributed by atoms with Crippen LogP contribution in [0.25, 0.3) is 0 Å². The van der Waals surface area contributed by atoms with Crippen molar-refractivity contribution in [3.63, 3.8) is 0 Å². The Morgan fingerprint density at radius 3 is 2.86 bits per heavy atom. The van der Waals surface area contributed by atoms with Crippen molar-refractivity contribution >= 4 is 27.1 Å². The van der Waals surface area contributed by atoms with Crippen LogP contribution in [0.4, 0.5) is 0 Å². The predicted molar refractivity (Wildman–Crippen MR) is 92.4 cm³/mol. The lowest BCUT2D eigenvalue weighted by molar-refractivity contribution is 0.197. The van der Waals surface area contributed by atoms with E-state index in [4.69, 9.17) is 4.74 Å². The van der Waals surface area contributed by atoms with E-state index in [1.54, 1.807) is 18.4 Å². The zero-order valence-corrected chi connectivity index (χ0v) is 15.0. The Balaban J connectivity index is 2.56. The van der Waals surface area contributed by atoms with Crippen LogP contribution in [-0.2, 0) is 14.6 Å². The number of nitrogens with one attached hydrogen (secondary N) is 2. The second-order valence-electron chi connectivity index (χ2n) is 5.01. The number of thiophene rings is 1. The summed E-state index contributed by atoms with van der Waals surface area (Å²) in [6, 6.07) is 4.18. The van der Waals surface area contributed by atoms with Crippen LogP contribution < -0.4 is 10.6 Å². The summed E-state index contributed by atoms with van der Waals surface area (Å²) in [6.45, 7) is 3.67. The van der Waals surface area contributed by atoms with E-state index < -0.39 is 9.84 Å². The Morgan fingerprint density at radius 2 is 2.27 bits per heavy atom. The number of ether oxygens (including phenoxy) is 1. The summed E-state index contributed by atoms with van der Waals surface area (Å²) in [5.41, 5.74) is 0. The first-order valence-electron chi connectivity index (χ1n) is 7.17. The summed E-state index contributed by atoms with van der Waals surface area (Å²) in [5.74, 6) is 0.708. The van der Waals surface area contributed by atoms with Crippen molar-refractivity contribution in [3.05, 3.63) is 22.4 Å². The van der Waals surface area contributed by atoms with Crippen molar-refractivity contribution in [1.29, 1.82) is 0 Å². The van der Waals surface area contributed by atoms with Crippen LogP contribution in [0.2, 0.25) is 0 Å². The van der Waals surface area contributed by atoms with Crippen molar-refractivity contribution in [3.8, 4) is 0 Å². The lowest BCUT2D eigenvalue weighted by Crippen LogP contribution is -2.40. The number of sulfone groups is 1. The van der Waals surface area contributed by atoms with Crippen molar-refractivity contribution in [2.45, 2.75) is 19.4 Å². The molecule has 1 aromatic rings. The molecule has 8 heteroatoms. The molecule has 0 aliphatic carbocycles. The molecule has 0 amide bonds. The van der Waals surface area contributed by atoms with E-state index in [1.807, 2.05) is 11.4 Å². The molecule has 1 aromatic heterocycles. The largest absolute Gasteiger partial charge is 0.385 e. The second-order valence-corrected chi connectivity index (χ2v) is 8.25. The molecule has 126 valence electrons. The van der Waals surface area contributed by atoms with Gasteiger partial charge in [0.25, 0.3) is 0 Å². The van der Waals surface area contributed by atoms with Gasteiger partial charge in [0.1, 0.15) is 9.84 Å². The van der Waals surface area contributed by atoms with Gasteiger partial charge in [-0.2, -0.15) is 0 Å². The van der Waals surface area contributed by atoms with E-state index >= 15 is 0 Å². The van der Waals surface area contributed by atoms with Gasteiger partial charge in [0, 0.05) is 37.9 Å². The van der Waals surface area contributed by atoms with E-state index in [0.29, 0.717) is 25.7 Å². The highest BCUT2D eigenvalue weighted by molar-refractivity contribution is 7.90. The fraction of sp³-hybridized carbons (Fsp3) is 0.643. The van der Waals surface area contributed by atoms with Gasteiger partial charge < -0.3 is 15.4 Å². The van der Waals surface area contributed by atoms with Gasteiger partial charge in [-0.25, -0.2) is 8.42 Å². The number of hydrogen-bond acceptors (Lipinski definition) is 5. The molecule has 0 radical (unpaired) electrons. The molecule has 6 nitrogen and oxygen atoms in total. The van der Waals surface area contributed by atoms with Crippen molar-refractivity contribution in [2.75, 3.05) is 38.8 Å². The highest BCUT2D eigenvalue weighted by atomic mass is 32.2. The molecule has 0 fully saturated rings. The Morgan fingerprint density at radius 1 is 1.50 bits per heavy atom. The molecule has 22 heavy (non-hydrogen) atoms. The Kier molecular flexibility index (Phi) is 8.44. The minimum Gasteiger partial charge on any atom is -0.385 e. The SMILES string of the molecule is COCCCN=C(NCCS(C)(=O)=O)NC(C)c1cccs1. The van der Waals surface area contributed by atoms with Gasteiger partial charge in [-0.1, -0.05) is 6.07 Å². The molecular weight excluding hydrogens is 322 g/mol. The first kappa shape index (κ1) is 18.9. The van der Waals surface area contributed by atoms with Crippen LogP contribution in [0, 0.1) is 0 Å². The number of aliphatic imine (C=N–C) groups is 1. The van der Waals surface area contributed by atoms with Crippen molar-refractivity contribution < 1.29 is 13.2 Å². The molecule has 0 saturated carbocycles. The third-order valence-electron chi connectivity index (χ3n) is 2.86.